The van der Waals surface area contributed by atoms with Crippen molar-refractivity contribution in [2.24, 2.45) is 16.3 Å². The summed E-state index contributed by atoms with van der Waals surface area (Å²) in [4.78, 5) is 12.1. The molecule has 5 nitrogen and oxygen atoms in total. The lowest BCUT2D eigenvalue weighted by molar-refractivity contribution is -0.130. The summed E-state index contributed by atoms with van der Waals surface area (Å²) >= 11 is 0. The van der Waals surface area contributed by atoms with Crippen LogP contribution in [0.4, 0.5) is 0 Å². The molecule has 0 aromatic heterocycles. The number of carbonyl (C=O) groups excluding carboxylic acids is 1. The van der Waals surface area contributed by atoms with Crippen LogP contribution < -0.4 is 11.1 Å². The first-order valence-corrected chi connectivity index (χ1v) is 6.10. The molecule has 0 bridgehead atoms. The summed E-state index contributed by atoms with van der Waals surface area (Å²) in [7, 11) is 0. The van der Waals surface area contributed by atoms with Crippen LogP contribution in [0.3, 0.4) is 0 Å². The van der Waals surface area contributed by atoms with Crippen LogP contribution >= 0.6 is 0 Å². The lowest BCUT2D eigenvalue weighted by Gasteiger charge is -2.35. The van der Waals surface area contributed by atoms with E-state index in [1.165, 1.54) is 0 Å². The van der Waals surface area contributed by atoms with Gasteiger partial charge in [-0.1, -0.05) is 39.8 Å². The van der Waals surface area contributed by atoms with Crippen molar-refractivity contribution in [3.8, 4) is 0 Å². The van der Waals surface area contributed by atoms with E-state index in [0.29, 0.717) is 12.8 Å². The molecule has 0 saturated carbocycles. The van der Waals surface area contributed by atoms with Gasteiger partial charge >= 0.3 is 0 Å². The predicted octanol–water partition coefficient (Wildman–Crippen LogP) is 1.84. The zero-order valence-corrected chi connectivity index (χ0v) is 11.5. The van der Waals surface area contributed by atoms with E-state index in [9.17, 15) is 4.79 Å². The highest BCUT2D eigenvalue weighted by Gasteiger charge is 2.37. The molecule has 1 amide bonds. The maximum atomic E-state index is 12.1. The standard InChI is InChI=1S/C12H25N3O2/c1-6-11(4,5)10(16)14-12(7-2,8-3)9(13)15-17/h17H,6-8H2,1-5H3,(H2,13,15)(H,14,16). The minimum absolute atomic E-state index is 0.0581. The Hall–Kier alpha value is -1.26. The van der Waals surface area contributed by atoms with Crippen LogP contribution in [-0.4, -0.2) is 22.5 Å². The van der Waals surface area contributed by atoms with Crippen molar-refractivity contribution < 1.29 is 10.0 Å². The fraction of sp³-hybridized carbons (Fsp3) is 0.833. The number of oxime groups is 1. The van der Waals surface area contributed by atoms with Gasteiger partial charge in [0.2, 0.25) is 5.91 Å². The molecule has 0 saturated heterocycles. The Morgan fingerprint density at radius 1 is 1.24 bits per heavy atom. The number of amides is 1. The number of hydrogen-bond donors (Lipinski definition) is 3. The SMILES string of the molecule is CCC(C)(C)C(=O)NC(CC)(CC)C(N)=NO. The molecule has 4 N–H and O–H groups in total. The van der Waals surface area contributed by atoms with Crippen molar-refractivity contribution in [3.63, 3.8) is 0 Å². The zero-order chi connectivity index (χ0) is 13.7. The quantitative estimate of drug-likeness (QED) is 0.288. The van der Waals surface area contributed by atoms with Crippen molar-refractivity contribution in [1.82, 2.24) is 5.32 Å². The molecule has 0 aliphatic rings. The lowest BCUT2D eigenvalue weighted by atomic mass is 9.85. The molecule has 0 rings (SSSR count). The van der Waals surface area contributed by atoms with E-state index in [4.69, 9.17) is 10.9 Å². The van der Waals surface area contributed by atoms with E-state index in [-0.39, 0.29) is 11.7 Å². The number of hydrogen-bond acceptors (Lipinski definition) is 3. The molecule has 17 heavy (non-hydrogen) atoms. The average molecular weight is 243 g/mol. The van der Waals surface area contributed by atoms with Crippen molar-refractivity contribution in [2.45, 2.75) is 59.4 Å². The summed E-state index contributed by atoms with van der Waals surface area (Å²) in [5, 5.41) is 14.8. The van der Waals surface area contributed by atoms with Crippen LogP contribution in [0.2, 0.25) is 0 Å². The third kappa shape index (κ3) is 3.35. The highest BCUT2D eigenvalue weighted by atomic mass is 16.4. The molecule has 0 radical (unpaired) electrons. The molecule has 0 aliphatic heterocycles. The summed E-state index contributed by atoms with van der Waals surface area (Å²) in [5.74, 6) is -0.0157. The minimum atomic E-state index is -0.752. The highest BCUT2D eigenvalue weighted by molar-refractivity contribution is 5.95. The maximum absolute atomic E-state index is 12.1. The number of nitrogens with zero attached hydrogens (tertiary/aromatic N) is 1. The van der Waals surface area contributed by atoms with Gasteiger partial charge < -0.3 is 16.3 Å². The molecule has 0 atom stereocenters. The Labute approximate surface area is 103 Å². The Balaban J connectivity index is 5.09. The summed E-state index contributed by atoms with van der Waals surface area (Å²) in [6, 6.07) is 0. The van der Waals surface area contributed by atoms with E-state index in [2.05, 4.69) is 10.5 Å². The van der Waals surface area contributed by atoms with Crippen molar-refractivity contribution in [2.75, 3.05) is 0 Å². The molecule has 0 unspecified atom stereocenters. The molecule has 0 fully saturated rings. The van der Waals surface area contributed by atoms with Crippen LogP contribution in [0.1, 0.15) is 53.9 Å². The van der Waals surface area contributed by atoms with Gasteiger partial charge in [0, 0.05) is 5.41 Å². The zero-order valence-electron chi connectivity index (χ0n) is 11.5. The third-order valence-corrected chi connectivity index (χ3v) is 3.66. The first-order valence-electron chi connectivity index (χ1n) is 6.10. The van der Waals surface area contributed by atoms with Gasteiger partial charge in [-0.25, -0.2) is 0 Å². The number of amidine groups is 1. The second-order valence-electron chi connectivity index (χ2n) is 4.97. The van der Waals surface area contributed by atoms with E-state index in [1.54, 1.807) is 0 Å². The predicted molar refractivity (Wildman–Crippen MR) is 68.9 cm³/mol. The second kappa shape index (κ2) is 5.89. The van der Waals surface area contributed by atoms with Crippen LogP contribution in [0.25, 0.3) is 0 Å². The summed E-state index contributed by atoms with van der Waals surface area (Å²) in [6.45, 7) is 9.53. The molecule has 0 spiro atoms. The number of nitrogens with two attached hydrogens (primary N) is 1. The van der Waals surface area contributed by atoms with E-state index >= 15 is 0 Å². The normalized spacial score (nSPS) is 13.6. The monoisotopic (exact) mass is 243 g/mol. The van der Waals surface area contributed by atoms with Gasteiger partial charge in [0.25, 0.3) is 0 Å². The van der Waals surface area contributed by atoms with Gasteiger partial charge in [-0.05, 0) is 19.3 Å². The smallest absolute Gasteiger partial charge is 0.226 e. The number of nitrogens with one attached hydrogen (secondary N) is 1. The summed E-state index contributed by atoms with van der Waals surface area (Å²) < 4.78 is 0. The third-order valence-electron chi connectivity index (χ3n) is 3.66. The molecule has 0 heterocycles. The lowest BCUT2D eigenvalue weighted by Crippen LogP contribution is -2.59. The number of carbonyl (C=O) groups is 1. The highest BCUT2D eigenvalue weighted by Crippen LogP contribution is 2.23. The Morgan fingerprint density at radius 2 is 1.71 bits per heavy atom. The van der Waals surface area contributed by atoms with Gasteiger partial charge in [-0.2, -0.15) is 0 Å². The Kier molecular flexibility index (Phi) is 5.45. The topological polar surface area (TPSA) is 87.7 Å². The maximum Gasteiger partial charge on any atom is 0.226 e. The van der Waals surface area contributed by atoms with Crippen molar-refractivity contribution in [1.29, 1.82) is 0 Å². The number of rotatable bonds is 6. The van der Waals surface area contributed by atoms with Gasteiger partial charge in [0.15, 0.2) is 5.84 Å². The molecule has 0 aromatic carbocycles. The van der Waals surface area contributed by atoms with Crippen LogP contribution in [-0.2, 0) is 4.79 Å². The average Bonchev–Trinajstić information content (AvgIpc) is 2.34. The summed E-state index contributed by atoms with van der Waals surface area (Å²) in [5.41, 5.74) is 4.49. The van der Waals surface area contributed by atoms with Crippen molar-refractivity contribution in [3.05, 3.63) is 0 Å². The van der Waals surface area contributed by atoms with Gasteiger partial charge in [-0.15, -0.1) is 0 Å². The van der Waals surface area contributed by atoms with E-state index in [0.717, 1.165) is 6.42 Å². The van der Waals surface area contributed by atoms with Crippen LogP contribution in [0.15, 0.2) is 5.16 Å². The van der Waals surface area contributed by atoms with Crippen LogP contribution in [0, 0.1) is 5.41 Å². The van der Waals surface area contributed by atoms with Gasteiger partial charge in [-0.3, -0.25) is 4.79 Å². The molecule has 5 heteroatoms. The van der Waals surface area contributed by atoms with E-state index < -0.39 is 11.0 Å². The fourth-order valence-corrected chi connectivity index (χ4v) is 1.50. The second-order valence-corrected chi connectivity index (χ2v) is 4.97. The minimum Gasteiger partial charge on any atom is -0.409 e. The summed E-state index contributed by atoms with van der Waals surface area (Å²) in [6.07, 6.45) is 1.91. The molecule has 0 aliphatic carbocycles. The van der Waals surface area contributed by atoms with Gasteiger partial charge in [0.05, 0.1) is 0 Å². The van der Waals surface area contributed by atoms with Crippen molar-refractivity contribution >= 4 is 11.7 Å². The molecule has 100 valence electrons. The molecular formula is C12H25N3O2. The largest absolute Gasteiger partial charge is 0.409 e. The van der Waals surface area contributed by atoms with E-state index in [1.807, 2.05) is 34.6 Å². The molecular weight excluding hydrogens is 218 g/mol. The van der Waals surface area contributed by atoms with Gasteiger partial charge in [0.1, 0.15) is 5.54 Å². The first kappa shape index (κ1) is 15.7. The first-order chi connectivity index (χ1) is 7.79. The fourth-order valence-electron chi connectivity index (χ4n) is 1.50. The Bertz CT molecular complexity index is 294. The Morgan fingerprint density at radius 3 is 2.00 bits per heavy atom. The molecule has 0 aromatic rings. The van der Waals surface area contributed by atoms with Crippen LogP contribution in [0.5, 0.6) is 0 Å².